The van der Waals surface area contributed by atoms with Gasteiger partial charge in [-0.2, -0.15) is 0 Å². The van der Waals surface area contributed by atoms with Crippen LogP contribution in [0.5, 0.6) is 0 Å². The van der Waals surface area contributed by atoms with Gasteiger partial charge in [-0.15, -0.1) is 0 Å². The molecule has 152 valence electrons. The third kappa shape index (κ3) is 4.75. The molecule has 1 aliphatic heterocycles. The standard InChI is InChI=1S/C23H25FN2O3/c1-5-28-20-13-21(26-19-11-10-17(25-4)12-18(19)20)23(2,3)14-29-22(27)15-6-8-16(24)9-7-15/h6-12,20-21,26H,5,13-14H2,1-3H3. The zero-order chi connectivity index (χ0) is 21.0. The first-order valence-electron chi connectivity index (χ1n) is 9.66. The molecule has 1 aliphatic rings. The fourth-order valence-corrected chi connectivity index (χ4v) is 3.50. The van der Waals surface area contributed by atoms with Crippen LogP contribution >= 0.6 is 0 Å². The van der Waals surface area contributed by atoms with Gasteiger partial charge in [0.15, 0.2) is 5.69 Å². The summed E-state index contributed by atoms with van der Waals surface area (Å²) >= 11 is 0. The smallest absolute Gasteiger partial charge is 0.338 e. The Hall–Kier alpha value is -2.91. The maximum Gasteiger partial charge on any atom is 0.338 e. The van der Waals surface area contributed by atoms with Crippen LogP contribution in [0.2, 0.25) is 0 Å². The van der Waals surface area contributed by atoms with E-state index in [1.165, 1.54) is 24.3 Å². The molecule has 0 aliphatic carbocycles. The fraction of sp³-hybridized carbons (Fsp3) is 0.391. The lowest BCUT2D eigenvalue weighted by Crippen LogP contribution is -2.44. The van der Waals surface area contributed by atoms with E-state index in [2.05, 4.69) is 10.2 Å². The molecule has 1 heterocycles. The Morgan fingerprint density at radius 3 is 2.66 bits per heavy atom. The molecule has 0 bridgehead atoms. The van der Waals surface area contributed by atoms with Crippen LogP contribution in [0.15, 0.2) is 42.5 Å². The Kier molecular flexibility index (Phi) is 6.19. The summed E-state index contributed by atoms with van der Waals surface area (Å²) in [5.41, 5.74) is 2.45. The van der Waals surface area contributed by atoms with Crippen molar-refractivity contribution in [3.63, 3.8) is 0 Å². The van der Waals surface area contributed by atoms with E-state index in [0.29, 0.717) is 24.3 Å². The molecule has 0 aromatic heterocycles. The summed E-state index contributed by atoms with van der Waals surface area (Å²) in [7, 11) is 0. The number of fused-ring (bicyclic) bond motifs is 1. The van der Waals surface area contributed by atoms with Crippen LogP contribution < -0.4 is 5.32 Å². The molecule has 2 aromatic rings. The Bertz CT molecular complexity index is 919. The van der Waals surface area contributed by atoms with E-state index in [1.54, 1.807) is 6.07 Å². The van der Waals surface area contributed by atoms with Crippen molar-refractivity contribution in [2.24, 2.45) is 5.41 Å². The predicted molar refractivity (Wildman–Crippen MR) is 110 cm³/mol. The average Bonchev–Trinajstić information content (AvgIpc) is 2.72. The van der Waals surface area contributed by atoms with Gasteiger partial charge in [-0.05, 0) is 55.3 Å². The van der Waals surface area contributed by atoms with Gasteiger partial charge in [0, 0.05) is 23.8 Å². The lowest BCUT2D eigenvalue weighted by molar-refractivity contribution is 0.0139. The highest BCUT2D eigenvalue weighted by molar-refractivity contribution is 5.89. The molecule has 6 heteroatoms. The third-order valence-electron chi connectivity index (χ3n) is 5.26. The van der Waals surface area contributed by atoms with Crippen molar-refractivity contribution >= 4 is 17.3 Å². The fourth-order valence-electron chi connectivity index (χ4n) is 3.50. The number of carbonyl (C=O) groups is 1. The van der Waals surface area contributed by atoms with Gasteiger partial charge in [0.2, 0.25) is 0 Å². The van der Waals surface area contributed by atoms with Crippen molar-refractivity contribution in [3.8, 4) is 0 Å². The first-order valence-corrected chi connectivity index (χ1v) is 9.66. The lowest BCUT2D eigenvalue weighted by atomic mass is 9.78. The van der Waals surface area contributed by atoms with Crippen molar-refractivity contribution in [1.82, 2.24) is 0 Å². The largest absolute Gasteiger partial charge is 0.461 e. The second-order valence-corrected chi connectivity index (χ2v) is 7.83. The number of ether oxygens (including phenoxy) is 2. The van der Waals surface area contributed by atoms with Crippen molar-refractivity contribution in [3.05, 3.63) is 70.8 Å². The SMILES string of the molecule is [C-]#[N+]c1ccc2c(c1)C(OCC)CC(C(C)(C)COC(=O)c1ccc(F)cc1)N2. The molecule has 0 spiro atoms. The molecular formula is C23H25FN2O3. The maximum atomic E-state index is 13.0. The number of benzene rings is 2. The summed E-state index contributed by atoms with van der Waals surface area (Å²) in [6.45, 7) is 14.0. The van der Waals surface area contributed by atoms with Crippen LogP contribution in [0.4, 0.5) is 15.8 Å². The van der Waals surface area contributed by atoms with Gasteiger partial charge < -0.3 is 14.8 Å². The molecule has 5 nitrogen and oxygen atoms in total. The van der Waals surface area contributed by atoms with Crippen molar-refractivity contribution < 1.29 is 18.7 Å². The molecule has 29 heavy (non-hydrogen) atoms. The van der Waals surface area contributed by atoms with E-state index in [1.807, 2.05) is 32.9 Å². The minimum absolute atomic E-state index is 0.00589. The van der Waals surface area contributed by atoms with Gasteiger partial charge in [0.1, 0.15) is 5.82 Å². The molecule has 3 rings (SSSR count). The van der Waals surface area contributed by atoms with Crippen LogP contribution in [0, 0.1) is 17.8 Å². The summed E-state index contributed by atoms with van der Waals surface area (Å²) in [6, 6.07) is 10.9. The van der Waals surface area contributed by atoms with Gasteiger partial charge >= 0.3 is 5.97 Å². The topological polar surface area (TPSA) is 51.9 Å². The Morgan fingerprint density at radius 1 is 1.28 bits per heavy atom. The van der Waals surface area contributed by atoms with Crippen molar-refractivity contribution in [2.45, 2.75) is 39.3 Å². The zero-order valence-electron chi connectivity index (χ0n) is 16.9. The Balaban J connectivity index is 1.73. The summed E-state index contributed by atoms with van der Waals surface area (Å²) in [5.74, 6) is -0.868. The first kappa shape index (κ1) is 20.8. The summed E-state index contributed by atoms with van der Waals surface area (Å²) in [6.07, 6.45) is 0.568. The molecule has 2 atom stereocenters. The van der Waals surface area contributed by atoms with E-state index in [-0.39, 0.29) is 24.2 Å². The second-order valence-electron chi connectivity index (χ2n) is 7.83. The highest BCUT2D eigenvalue weighted by atomic mass is 19.1. The van der Waals surface area contributed by atoms with Crippen LogP contribution in [0.1, 0.15) is 49.2 Å². The lowest BCUT2D eigenvalue weighted by Gasteiger charge is -2.41. The Morgan fingerprint density at radius 2 is 2.00 bits per heavy atom. The van der Waals surface area contributed by atoms with Gasteiger partial charge in [-0.1, -0.05) is 19.9 Å². The quantitative estimate of drug-likeness (QED) is 0.516. The van der Waals surface area contributed by atoms with Crippen LogP contribution in [0.3, 0.4) is 0 Å². The van der Waals surface area contributed by atoms with Gasteiger partial charge in [0.05, 0.1) is 24.8 Å². The molecule has 0 amide bonds. The highest BCUT2D eigenvalue weighted by Gasteiger charge is 2.37. The third-order valence-corrected chi connectivity index (χ3v) is 5.26. The van der Waals surface area contributed by atoms with Gasteiger partial charge in [-0.25, -0.2) is 14.0 Å². The highest BCUT2D eigenvalue weighted by Crippen LogP contribution is 2.42. The summed E-state index contributed by atoms with van der Waals surface area (Å²) in [4.78, 5) is 15.8. The minimum atomic E-state index is -0.475. The molecule has 2 unspecified atom stereocenters. The number of carbonyl (C=O) groups excluding carboxylic acids is 1. The molecule has 0 radical (unpaired) electrons. The average molecular weight is 396 g/mol. The number of rotatable bonds is 6. The van der Waals surface area contributed by atoms with Crippen LogP contribution in [-0.2, 0) is 9.47 Å². The number of nitrogens with one attached hydrogen (secondary N) is 1. The van der Waals surface area contributed by atoms with E-state index < -0.39 is 11.8 Å². The van der Waals surface area contributed by atoms with E-state index >= 15 is 0 Å². The number of halogens is 1. The molecule has 1 N–H and O–H groups in total. The van der Waals surface area contributed by atoms with Crippen molar-refractivity contribution in [1.29, 1.82) is 0 Å². The monoisotopic (exact) mass is 396 g/mol. The maximum absolute atomic E-state index is 13.0. The van der Waals surface area contributed by atoms with E-state index in [0.717, 1.165) is 11.3 Å². The second kappa shape index (κ2) is 8.62. The first-order chi connectivity index (χ1) is 13.8. The molecular weight excluding hydrogens is 371 g/mol. The molecule has 0 saturated heterocycles. The normalized spacial score (nSPS) is 18.3. The van der Waals surface area contributed by atoms with E-state index in [4.69, 9.17) is 16.0 Å². The van der Waals surface area contributed by atoms with E-state index in [9.17, 15) is 9.18 Å². The van der Waals surface area contributed by atoms with Gasteiger partial charge in [-0.3, -0.25) is 0 Å². The predicted octanol–water partition coefficient (Wildman–Crippen LogP) is 5.52. The van der Waals surface area contributed by atoms with Crippen molar-refractivity contribution in [2.75, 3.05) is 18.5 Å². The number of esters is 1. The summed E-state index contributed by atoms with van der Waals surface area (Å²) < 4.78 is 24.5. The Labute approximate surface area is 170 Å². The summed E-state index contributed by atoms with van der Waals surface area (Å²) in [5, 5.41) is 3.52. The minimum Gasteiger partial charge on any atom is -0.461 e. The number of hydrogen-bond acceptors (Lipinski definition) is 4. The number of anilines is 1. The van der Waals surface area contributed by atoms with Crippen LogP contribution in [-0.4, -0.2) is 25.2 Å². The molecule has 0 saturated carbocycles. The molecule has 0 fully saturated rings. The van der Waals surface area contributed by atoms with Crippen LogP contribution in [0.25, 0.3) is 4.85 Å². The zero-order valence-corrected chi connectivity index (χ0v) is 16.9. The number of hydrogen-bond donors (Lipinski definition) is 1. The van der Waals surface area contributed by atoms with Gasteiger partial charge in [0.25, 0.3) is 0 Å². The molecule has 2 aromatic carbocycles. The number of nitrogens with zero attached hydrogens (tertiary/aromatic N) is 1.